The third kappa shape index (κ3) is 2.97. The van der Waals surface area contributed by atoms with Gasteiger partial charge in [0, 0.05) is 6.54 Å². The molecule has 4 heteroatoms. The van der Waals surface area contributed by atoms with E-state index in [2.05, 4.69) is 4.98 Å². The zero-order valence-corrected chi connectivity index (χ0v) is 8.47. The predicted molar refractivity (Wildman–Crippen MR) is 53.9 cm³/mol. The number of ether oxygens (including phenoxy) is 1. The van der Waals surface area contributed by atoms with Crippen molar-refractivity contribution in [2.75, 3.05) is 0 Å². The van der Waals surface area contributed by atoms with Crippen LogP contribution in [-0.2, 0) is 6.54 Å². The first-order chi connectivity index (χ1) is 6.63. The number of rotatable bonds is 4. The molecule has 0 aliphatic carbocycles. The van der Waals surface area contributed by atoms with Gasteiger partial charge in [0.15, 0.2) is 0 Å². The fraction of sp³-hybridized carbons (Fsp3) is 0.500. The lowest BCUT2D eigenvalue weighted by Crippen LogP contribution is -2.25. The molecule has 0 aliphatic heterocycles. The van der Waals surface area contributed by atoms with E-state index < -0.39 is 6.10 Å². The van der Waals surface area contributed by atoms with Crippen LogP contribution in [0.25, 0.3) is 0 Å². The number of nitrogens with two attached hydrogens (primary N) is 1. The zero-order chi connectivity index (χ0) is 10.6. The van der Waals surface area contributed by atoms with Crippen LogP contribution in [0.5, 0.6) is 5.75 Å². The smallest absolute Gasteiger partial charge is 0.138 e. The Bertz CT molecular complexity index is 272. The molecule has 1 rings (SSSR count). The van der Waals surface area contributed by atoms with Crippen LogP contribution in [0.2, 0.25) is 0 Å². The van der Waals surface area contributed by atoms with Crippen LogP contribution in [0.1, 0.15) is 19.5 Å². The second kappa shape index (κ2) is 4.93. The highest BCUT2D eigenvalue weighted by Gasteiger charge is 2.09. The van der Waals surface area contributed by atoms with Gasteiger partial charge < -0.3 is 15.6 Å². The monoisotopic (exact) mass is 196 g/mol. The molecule has 4 nitrogen and oxygen atoms in total. The fourth-order valence-electron chi connectivity index (χ4n) is 0.915. The van der Waals surface area contributed by atoms with E-state index in [1.54, 1.807) is 19.2 Å². The lowest BCUT2D eigenvalue weighted by atomic mass is 10.2. The Morgan fingerprint density at radius 3 is 2.64 bits per heavy atom. The Kier molecular flexibility index (Phi) is 3.85. The normalized spacial score (nSPS) is 14.9. The molecule has 0 radical (unpaired) electrons. The molecule has 0 amide bonds. The molecule has 1 heterocycles. The number of aliphatic hydroxyl groups is 1. The maximum Gasteiger partial charge on any atom is 0.138 e. The van der Waals surface area contributed by atoms with Crippen molar-refractivity contribution in [3.05, 3.63) is 24.0 Å². The van der Waals surface area contributed by atoms with E-state index in [0.29, 0.717) is 12.3 Å². The van der Waals surface area contributed by atoms with Crippen molar-refractivity contribution in [2.24, 2.45) is 5.73 Å². The highest BCUT2D eigenvalue weighted by atomic mass is 16.5. The van der Waals surface area contributed by atoms with Gasteiger partial charge in [0.25, 0.3) is 0 Å². The van der Waals surface area contributed by atoms with Crippen LogP contribution < -0.4 is 10.5 Å². The Labute approximate surface area is 83.7 Å². The van der Waals surface area contributed by atoms with Crippen LogP contribution in [0.15, 0.2) is 18.3 Å². The van der Waals surface area contributed by atoms with Gasteiger partial charge >= 0.3 is 0 Å². The van der Waals surface area contributed by atoms with Gasteiger partial charge in [-0.25, -0.2) is 0 Å². The van der Waals surface area contributed by atoms with Gasteiger partial charge in [0.05, 0.1) is 18.0 Å². The van der Waals surface area contributed by atoms with Crippen LogP contribution in [0.3, 0.4) is 0 Å². The lowest BCUT2D eigenvalue weighted by molar-refractivity contribution is 0.0602. The number of pyridine rings is 1. The largest absolute Gasteiger partial charge is 0.486 e. The van der Waals surface area contributed by atoms with Gasteiger partial charge in [0.2, 0.25) is 0 Å². The minimum absolute atomic E-state index is 0.236. The Morgan fingerprint density at radius 2 is 2.21 bits per heavy atom. The molecule has 0 aromatic carbocycles. The maximum atomic E-state index is 9.22. The molecule has 0 spiro atoms. The third-order valence-electron chi connectivity index (χ3n) is 2.01. The van der Waals surface area contributed by atoms with Crippen molar-refractivity contribution in [1.29, 1.82) is 0 Å². The van der Waals surface area contributed by atoms with Crippen molar-refractivity contribution in [3.8, 4) is 5.75 Å². The van der Waals surface area contributed by atoms with Gasteiger partial charge in [-0.05, 0) is 26.0 Å². The third-order valence-corrected chi connectivity index (χ3v) is 2.01. The van der Waals surface area contributed by atoms with Gasteiger partial charge in [-0.2, -0.15) is 0 Å². The average Bonchev–Trinajstić information content (AvgIpc) is 2.19. The Morgan fingerprint density at radius 1 is 1.50 bits per heavy atom. The first-order valence-corrected chi connectivity index (χ1v) is 4.63. The highest BCUT2D eigenvalue weighted by molar-refractivity contribution is 5.20. The van der Waals surface area contributed by atoms with Crippen molar-refractivity contribution < 1.29 is 9.84 Å². The van der Waals surface area contributed by atoms with Crippen molar-refractivity contribution in [3.63, 3.8) is 0 Å². The van der Waals surface area contributed by atoms with Crippen molar-refractivity contribution in [2.45, 2.75) is 32.6 Å². The summed E-state index contributed by atoms with van der Waals surface area (Å²) in [5.41, 5.74) is 6.23. The van der Waals surface area contributed by atoms with Gasteiger partial charge in [-0.15, -0.1) is 0 Å². The standard InChI is InChI=1S/C10H16N2O2/c1-7(13)8(2)14-10-4-3-9(5-11)12-6-10/h3-4,6-8,13H,5,11H2,1-2H3. The first kappa shape index (κ1) is 10.9. The number of hydrogen-bond donors (Lipinski definition) is 2. The van der Waals surface area contributed by atoms with Crippen LogP contribution in [0, 0.1) is 0 Å². The Balaban J connectivity index is 2.59. The van der Waals surface area contributed by atoms with Gasteiger partial charge in [-0.1, -0.05) is 0 Å². The molecule has 1 aromatic heterocycles. The second-order valence-corrected chi connectivity index (χ2v) is 3.25. The minimum atomic E-state index is -0.496. The minimum Gasteiger partial charge on any atom is -0.486 e. The number of aliphatic hydroxyl groups excluding tert-OH is 1. The summed E-state index contributed by atoms with van der Waals surface area (Å²) in [6.07, 6.45) is 0.880. The molecule has 2 unspecified atom stereocenters. The molecule has 0 bridgehead atoms. The SMILES string of the molecule is CC(O)C(C)Oc1ccc(CN)nc1. The van der Waals surface area contributed by atoms with Crippen molar-refractivity contribution >= 4 is 0 Å². The number of hydrogen-bond acceptors (Lipinski definition) is 4. The highest BCUT2D eigenvalue weighted by Crippen LogP contribution is 2.12. The summed E-state index contributed by atoms with van der Waals surface area (Å²) in [5, 5.41) is 9.22. The van der Waals surface area contributed by atoms with Crippen molar-refractivity contribution in [1.82, 2.24) is 4.98 Å². The molecule has 1 aromatic rings. The molecule has 2 atom stereocenters. The molecule has 0 fully saturated rings. The van der Waals surface area contributed by atoms with E-state index in [0.717, 1.165) is 5.69 Å². The van der Waals surface area contributed by atoms with Crippen LogP contribution in [0.4, 0.5) is 0 Å². The molecule has 0 saturated carbocycles. The molecule has 3 N–H and O–H groups in total. The predicted octanol–water partition coefficient (Wildman–Crippen LogP) is 0.688. The lowest BCUT2D eigenvalue weighted by Gasteiger charge is -2.16. The second-order valence-electron chi connectivity index (χ2n) is 3.25. The Hall–Kier alpha value is -1.13. The summed E-state index contributed by atoms with van der Waals surface area (Å²) in [6, 6.07) is 3.61. The maximum absolute atomic E-state index is 9.22. The van der Waals surface area contributed by atoms with E-state index in [9.17, 15) is 5.11 Å². The molecular weight excluding hydrogens is 180 g/mol. The van der Waals surface area contributed by atoms with Gasteiger partial charge in [-0.3, -0.25) is 4.98 Å². The topological polar surface area (TPSA) is 68.4 Å². The molecule has 78 valence electrons. The van der Waals surface area contributed by atoms with E-state index in [1.165, 1.54) is 0 Å². The quantitative estimate of drug-likeness (QED) is 0.743. The summed E-state index contributed by atoms with van der Waals surface area (Å²) in [6.45, 7) is 3.92. The van der Waals surface area contributed by atoms with Gasteiger partial charge in [0.1, 0.15) is 11.9 Å². The number of nitrogens with zero attached hydrogens (tertiary/aromatic N) is 1. The summed E-state index contributed by atoms with van der Waals surface area (Å²) in [5.74, 6) is 0.649. The van der Waals surface area contributed by atoms with E-state index in [4.69, 9.17) is 10.5 Å². The fourth-order valence-corrected chi connectivity index (χ4v) is 0.915. The van der Waals surface area contributed by atoms with E-state index in [-0.39, 0.29) is 6.10 Å². The van der Waals surface area contributed by atoms with E-state index >= 15 is 0 Å². The summed E-state index contributed by atoms with van der Waals surface area (Å²) < 4.78 is 5.42. The molecule has 14 heavy (non-hydrogen) atoms. The molecular formula is C10H16N2O2. The first-order valence-electron chi connectivity index (χ1n) is 4.63. The zero-order valence-electron chi connectivity index (χ0n) is 8.47. The molecule has 0 aliphatic rings. The summed E-state index contributed by atoms with van der Waals surface area (Å²) in [4.78, 5) is 4.08. The summed E-state index contributed by atoms with van der Waals surface area (Å²) in [7, 11) is 0. The number of aromatic nitrogens is 1. The van der Waals surface area contributed by atoms with Crippen LogP contribution in [-0.4, -0.2) is 22.3 Å². The van der Waals surface area contributed by atoms with Crippen LogP contribution >= 0.6 is 0 Å². The average molecular weight is 196 g/mol. The summed E-state index contributed by atoms with van der Waals surface area (Å²) >= 11 is 0. The molecule has 0 saturated heterocycles. The van der Waals surface area contributed by atoms with E-state index in [1.807, 2.05) is 13.0 Å².